The van der Waals surface area contributed by atoms with E-state index in [4.69, 9.17) is 53.1 Å². The van der Waals surface area contributed by atoms with E-state index in [9.17, 15) is 76.3 Å². The molecule has 0 bridgehead atoms. The van der Waals surface area contributed by atoms with Crippen molar-refractivity contribution in [2.24, 2.45) is 5.73 Å². The number of carbonyl (C=O) groups is 1. The molecular formula is C34H60N2O25. The first-order chi connectivity index (χ1) is 28.7. The maximum Gasteiger partial charge on any atom is 0.234 e. The van der Waals surface area contributed by atoms with Crippen LogP contribution in [0.15, 0.2) is 0 Å². The molecule has 0 aliphatic carbocycles. The molecule has 5 fully saturated rings. The number of rotatable bonds is 16. The normalized spacial score (nSPS) is 50.3. The van der Waals surface area contributed by atoms with E-state index in [1.54, 1.807) is 0 Å². The van der Waals surface area contributed by atoms with Crippen LogP contribution in [0.5, 0.6) is 0 Å². The zero-order valence-electron chi connectivity index (χ0n) is 33.2. The zero-order chi connectivity index (χ0) is 45.2. The number of aliphatic hydroxyl groups is 14. The molecule has 0 spiro atoms. The molecule has 0 radical (unpaired) electrons. The van der Waals surface area contributed by atoms with Crippen molar-refractivity contribution in [3.8, 4) is 0 Å². The van der Waals surface area contributed by atoms with Gasteiger partial charge in [-0.15, -0.1) is 0 Å². The number of ether oxygens (including phenoxy) is 10. The van der Waals surface area contributed by atoms with Crippen molar-refractivity contribution in [1.82, 2.24) is 5.32 Å². The monoisotopic (exact) mass is 896 g/mol. The molecule has 0 aromatic carbocycles. The Bertz CT molecular complexity index is 1380. The molecule has 0 saturated carbocycles. The van der Waals surface area contributed by atoms with Gasteiger partial charge >= 0.3 is 0 Å². The van der Waals surface area contributed by atoms with E-state index in [1.807, 2.05) is 0 Å². The van der Waals surface area contributed by atoms with Gasteiger partial charge in [-0.1, -0.05) is 0 Å². The number of aliphatic hydroxyl groups excluding tert-OH is 14. The van der Waals surface area contributed by atoms with Gasteiger partial charge in [-0.3, -0.25) is 10.1 Å². The fourth-order valence-corrected chi connectivity index (χ4v) is 7.50. The first-order valence-electron chi connectivity index (χ1n) is 19.5. The Kier molecular flexibility index (Phi) is 17.9. The van der Waals surface area contributed by atoms with Gasteiger partial charge in [0.15, 0.2) is 31.5 Å². The van der Waals surface area contributed by atoms with Crippen molar-refractivity contribution < 1.29 is 124 Å². The zero-order valence-corrected chi connectivity index (χ0v) is 33.2. The van der Waals surface area contributed by atoms with E-state index in [0.29, 0.717) is 0 Å². The number of hydrogen-bond donors (Lipinski definition) is 16. The average Bonchev–Trinajstić information content (AvgIpc) is 3.24. The summed E-state index contributed by atoms with van der Waals surface area (Å²) in [6, 6.07) is -2.56. The lowest BCUT2D eigenvalue weighted by Gasteiger charge is -2.50. The quantitative estimate of drug-likeness (QED) is 0.0684. The summed E-state index contributed by atoms with van der Waals surface area (Å²) in [4.78, 5) is 12.2. The van der Waals surface area contributed by atoms with E-state index in [-0.39, 0.29) is 0 Å². The molecule has 5 aliphatic rings. The molecule has 1 amide bonds. The molecule has 26 atom stereocenters. The molecule has 5 rings (SSSR count). The molecule has 27 heteroatoms. The van der Waals surface area contributed by atoms with Crippen LogP contribution >= 0.6 is 0 Å². The van der Waals surface area contributed by atoms with Crippen LogP contribution in [0.25, 0.3) is 0 Å². The molecule has 5 aliphatic heterocycles. The Labute approximate surface area is 347 Å². The van der Waals surface area contributed by atoms with Gasteiger partial charge in [0, 0.05) is 7.11 Å². The summed E-state index contributed by atoms with van der Waals surface area (Å²) in [5, 5.41) is 150. The van der Waals surface area contributed by atoms with Crippen LogP contribution in [0, 0.1) is 0 Å². The van der Waals surface area contributed by atoms with Gasteiger partial charge in [-0.25, -0.2) is 0 Å². The standard InChI is InChI=1S/C34H60N2O25/c1-8(29(35)51)36-14-28(61-34-26(50)22(46)18(42)13(59-34)7-54-32-24(48)20(44)16(40)10(4-37)56-32)27(11(5-38)57-30(14)52-3)60-33-25(49)21(45)17(41)12(58-33)6-53-31-23(47)19(43)15(39)9(2)55-31/h8-28,30-34,36-50H,4-7H2,1-3H3,(H2,35,51)/t8?,9?,10?,11?,12?,13?,14?,15-,16+,17+,18+,19?,20-,21-,22-,23-,24?,25?,26?,27-,28+,30-,31+,32-,33+,34-/m0/s1. The van der Waals surface area contributed by atoms with Crippen molar-refractivity contribution in [3.05, 3.63) is 0 Å². The average molecular weight is 897 g/mol. The summed E-state index contributed by atoms with van der Waals surface area (Å²) < 4.78 is 57.0. The Balaban J connectivity index is 1.40. The van der Waals surface area contributed by atoms with Crippen LogP contribution in [0.1, 0.15) is 13.8 Å². The van der Waals surface area contributed by atoms with Crippen LogP contribution in [0.2, 0.25) is 0 Å². The molecule has 27 nitrogen and oxygen atoms in total. The Hall–Kier alpha value is -1.53. The first kappa shape index (κ1) is 50.5. The fourth-order valence-electron chi connectivity index (χ4n) is 7.50. The molecule has 11 unspecified atom stereocenters. The van der Waals surface area contributed by atoms with Gasteiger partial charge in [0.1, 0.15) is 110 Å². The van der Waals surface area contributed by atoms with Gasteiger partial charge in [-0.2, -0.15) is 0 Å². The lowest BCUT2D eigenvalue weighted by atomic mass is 9.94. The fraction of sp³-hybridized carbons (Fsp3) is 0.971. The second-order valence-corrected chi connectivity index (χ2v) is 15.6. The van der Waals surface area contributed by atoms with Crippen molar-refractivity contribution >= 4 is 5.91 Å². The van der Waals surface area contributed by atoms with E-state index in [2.05, 4.69) is 5.32 Å². The number of primary amides is 1. The van der Waals surface area contributed by atoms with Crippen molar-refractivity contribution in [2.75, 3.05) is 33.5 Å². The number of amides is 1. The van der Waals surface area contributed by atoms with Crippen molar-refractivity contribution in [1.29, 1.82) is 0 Å². The maximum absolute atomic E-state index is 12.2. The predicted octanol–water partition coefficient (Wildman–Crippen LogP) is -10.8. The highest BCUT2D eigenvalue weighted by atomic mass is 16.8. The summed E-state index contributed by atoms with van der Waals surface area (Å²) in [7, 11) is 1.18. The second kappa shape index (κ2) is 21.6. The van der Waals surface area contributed by atoms with Gasteiger partial charge < -0.3 is 125 Å². The highest BCUT2D eigenvalue weighted by molar-refractivity contribution is 5.79. The van der Waals surface area contributed by atoms with Crippen LogP contribution in [0.3, 0.4) is 0 Å². The van der Waals surface area contributed by atoms with Crippen molar-refractivity contribution in [2.45, 2.75) is 173 Å². The number of methoxy groups -OCH3 is 1. The lowest BCUT2D eigenvalue weighted by molar-refractivity contribution is -0.379. The Morgan fingerprint density at radius 3 is 1.39 bits per heavy atom. The number of nitrogens with one attached hydrogen (secondary N) is 1. The topological polar surface area (TPSA) is 431 Å². The summed E-state index contributed by atoms with van der Waals surface area (Å²) in [5.41, 5.74) is 5.52. The summed E-state index contributed by atoms with van der Waals surface area (Å²) in [5.74, 6) is -0.886. The highest BCUT2D eigenvalue weighted by Gasteiger charge is 2.56. The summed E-state index contributed by atoms with van der Waals surface area (Å²) >= 11 is 0. The minimum absolute atomic E-state index is 0.673. The predicted molar refractivity (Wildman–Crippen MR) is 189 cm³/mol. The number of hydrogen-bond acceptors (Lipinski definition) is 26. The van der Waals surface area contributed by atoms with Crippen molar-refractivity contribution in [3.63, 3.8) is 0 Å². The third-order valence-corrected chi connectivity index (χ3v) is 11.4. The molecule has 0 aromatic heterocycles. The van der Waals surface area contributed by atoms with Gasteiger partial charge in [-0.05, 0) is 13.8 Å². The maximum atomic E-state index is 12.2. The minimum Gasteiger partial charge on any atom is -0.394 e. The molecule has 5 heterocycles. The molecule has 356 valence electrons. The van der Waals surface area contributed by atoms with Crippen LogP contribution < -0.4 is 11.1 Å². The highest BCUT2D eigenvalue weighted by Crippen LogP contribution is 2.35. The third kappa shape index (κ3) is 11.0. The van der Waals surface area contributed by atoms with Gasteiger partial charge in [0.05, 0.1) is 44.6 Å². The Morgan fingerprint density at radius 1 is 0.541 bits per heavy atom. The van der Waals surface area contributed by atoms with Crippen LogP contribution in [-0.4, -0.2) is 270 Å². The van der Waals surface area contributed by atoms with Crippen LogP contribution in [-0.2, 0) is 52.2 Å². The van der Waals surface area contributed by atoms with E-state index >= 15 is 0 Å². The molecule has 5 saturated heterocycles. The summed E-state index contributed by atoms with van der Waals surface area (Å²) in [6.45, 7) is -0.328. The lowest BCUT2D eigenvalue weighted by Crippen LogP contribution is -2.70. The first-order valence-corrected chi connectivity index (χ1v) is 19.5. The third-order valence-electron chi connectivity index (χ3n) is 11.4. The molecule has 61 heavy (non-hydrogen) atoms. The smallest absolute Gasteiger partial charge is 0.234 e. The van der Waals surface area contributed by atoms with E-state index in [1.165, 1.54) is 21.0 Å². The number of carbonyl (C=O) groups excluding carboxylic acids is 1. The van der Waals surface area contributed by atoms with Gasteiger partial charge in [0.25, 0.3) is 0 Å². The molecule has 0 aromatic rings. The SMILES string of the molecule is CO[C@H]1OC(CO)[C@H](O[C@H]2OC(CO[C@@H]3OC(C)[C@H](O)C(O)[C@@H]3O)[C@@H](O)[C@H](O)C2O)[C@H](O[C@@H]2OC(CO[C@H]3OC(CO)[C@@H](O)[C@H](O)C3O)[C@@H](O)[C@H](O)C2O)C1NC(C)C(N)=O. The number of nitrogens with two attached hydrogens (primary N) is 1. The molecular weight excluding hydrogens is 836 g/mol. The second-order valence-electron chi connectivity index (χ2n) is 15.6. The van der Waals surface area contributed by atoms with Gasteiger partial charge in [0.2, 0.25) is 5.91 Å². The van der Waals surface area contributed by atoms with Crippen LogP contribution in [0.4, 0.5) is 0 Å². The largest absolute Gasteiger partial charge is 0.394 e. The molecule has 17 N–H and O–H groups in total. The minimum atomic E-state index is -2.07. The summed E-state index contributed by atoms with van der Waals surface area (Å²) in [6.07, 6.45) is -41.2. The van der Waals surface area contributed by atoms with E-state index in [0.717, 1.165) is 0 Å². The van der Waals surface area contributed by atoms with E-state index < -0.39 is 192 Å². The Morgan fingerprint density at radius 2 is 0.934 bits per heavy atom.